The lowest BCUT2D eigenvalue weighted by molar-refractivity contribution is 0.647. The lowest BCUT2D eigenvalue weighted by Crippen LogP contribution is -2.07. The number of rotatable bonds is 5. The Balaban J connectivity index is 1.94. The summed E-state index contributed by atoms with van der Waals surface area (Å²) in [5.74, 6) is 1.76. The van der Waals surface area contributed by atoms with Crippen LogP contribution in [0.1, 0.15) is 49.2 Å². The second kappa shape index (κ2) is 7.36. The summed E-state index contributed by atoms with van der Waals surface area (Å²) < 4.78 is 2.66. The van der Waals surface area contributed by atoms with E-state index >= 15 is 0 Å². The highest BCUT2D eigenvalue weighted by Gasteiger charge is 2.17. The number of hydrogen-bond acceptors (Lipinski definition) is 2. The monoisotopic (exact) mass is 351 g/mol. The van der Waals surface area contributed by atoms with E-state index in [-0.39, 0.29) is 5.92 Å². The van der Waals surface area contributed by atoms with Crippen LogP contribution in [0.3, 0.4) is 0 Å². The van der Waals surface area contributed by atoms with Gasteiger partial charge in [-0.1, -0.05) is 62.7 Å². The Morgan fingerprint density at radius 1 is 1.00 bits per heavy atom. The Hall–Kier alpha value is -2.20. The second-order valence-corrected chi connectivity index (χ2v) is 7.51. The summed E-state index contributed by atoms with van der Waals surface area (Å²) in [4.78, 5) is 0. The van der Waals surface area contributed by atoms with Gasteiger partial charge in [0.15, 0.2) is 4.77 Å². The van der Waals surface area contributed by atoms with Gasteiger partial charge in [-0.15, -0.1) is 0 Å². The molecule has 4 heteroatoms. The molecular formula is C21H25N3S. The summed E-state index contributed by atoms with van der Waals surface area (Å²) in [6, 6.07) is 17.2. The molecule has 0 bridgehead atoms. The zero-order chi connectivity index (χ0) is 18.0. The average Bonchev–Trinajstić information content (AvgIpc) is 2.97. The molecule has 0 aliphatic rings. The number of nitrogens with zero attached hydrogens (tertiary/aromatic N) is 2. The molecule has 0 fully saturated rings. The first-order chi connectivity index (χ1) is 12.0. The minimum atomic E-state index is 0.155. The molecule has 0 saturated heterocycles. The van der Waals surface area contributed by atoms with Crippen molar-refractivity contribution in [3.8, 4) is 5.69 Å². The van der Waals surface area contributed by atoms with E-state index in [1.807, 2.05) is 4.57 Å². The Morgan fingerprint density at radius 2 is 1.64 bits per heavy atom. The molecule has 25 heavy (non-hydrogen) atoms. The molecule has 1 atom stereocenters. The summed E-state index contributed by atoms with van der Waals surface area (Å²) in [7, 11) is 0. The smallest absolute Gasteiger partial charge is 0.199 e. The molecule has 2 aromatic carbocycles. The van der Waals surface area contributed by atoms with E-state index in [1.165, 1.54) is 16.7 Å². The van der Waals surface area contributed by atoms with Crippen molar-refractivity contribution in [3.63, 3.8) is 0 Å². The molecule has 3 rings (SSSR count). The molecule has 3 nitrogen and oxygen atoms in total. The highest BCUT2D eigenvalue weighted by atomic mass is 32.1. The third kappa shape index (κ3) is 3.90. The molecule has 0 radical (unpaired) electrons. The SMILES string of the molecule is Cc1ccc(-n2c(C(C)c3ccc(CC(C)C)cc3)n[nH]c2=S)cc1. The molecule has 1 heterocycles. The minimum absolute atomic E-state index is 0.155. The molecule has 3 aromatic rings. The van der Waals surface area contributed by atoms with Gasteiger partial charge in [-0.25, -0.2) is 0 Å². The number of aromatic amines is 1. The summed E-state index contributed by atoms with van der Waals surface area (Å²) in [6.45, 7) is 8.75. The van der Waals surface area contributed by atoms with Gasteiger partial charge in [-0.05, 0) is 54.7 Å². The fraction of sp³-hybridized carbons (Fsp3) is 0.333. The van der Waals surface area contributed by atoms with Crippen LogP contribution in [0.25, 0.3) is 5.69 Å². The summed E-state index contributed by atoms with van der Waals surface area (Å²) in [5, 5.41) is 7.46. The topological polar surface area (TPSA) is 33.6 Å². The predicted molar refractivity (Wildman–Crippen MR) is 106 cm³/mol. The van der Waals surface area contributed by atoms with Gasteiger partial charge in [0.25, 0.3) is 0 Å². The van der Waals surface area contributed by atoms with Crippen molar-refractivity contribution in [2.24, 2.45) is 5.92 Å². The number of hydrogen-bond donors (Lipinski definition) is 1. The molecule has 0 saturated carbocycles. The maximum atomic E-state index is 5.47. The zero-order valence-electron chi connectivity index (χ0n) is 15.3. The van der Waals surface area contributed by atoms with Crippen LogP contribution in [0.15, 0.2) is 48.5 Å². The fourth-order valence-corrected chi connectivity index (χ4v) is 3.35. The van der Waals surface area contributed by atoms with Crippen LogP contribution in [0, 0.1) is 17.6 Å². The number of benzene rings is 2. The van der Waals surface area contributed by atoms with E-state index in [4.69, 9.17) is 12.2 Å². The van der Waals surface area contributed by atoms with Gasteiger partial charge in [-0.3, -0.25) is 9.67 Å². The van der Waals surface area contributed by atoms with Gasteiger partial charge >= 0.3 is 0 Å². The Morgan fingerprint density at radius 3 is 2.24 bits per heavy atom. The largest absolute Gasteiger partial charge is 0.272 e. The first kappa shape index (κ1) is 17.6. The summed E-state index contributed by atoms with van der Waals surface area (Å²) >= 11 is 5.47. The van der Waals surface area contributed by atoms with Gasteiger partial charge in [0.05, 0.1) is 0 Å². The third-order valence-electron chi connectivity index (χ3n) is 4.50. The third-order valence-corrected chi connectivity index (χ3v) is 4.78. The van der Waals surface area contributed by atoms with Gasteiger partial charge in [0, 0.05) is 11.6 Å². The number of aryl methyl sites for hydroxylation is 1. The average molecular weight is 352 g/mol. The summed E-state index contributed by atoms with van der Waals surface area (Å²) in [5.41, 5.74) is 4.90. The fourth-order valence-electron chi connectivity index (χ4n) is 3.11. The predicted octanol–water partition coefficient (Wildman–Crippen LogP) is 5.59. The van der Waals surface area contributed by atoms with Crippen LogP contribution in [-0.4, -0.2) is 14.8 Å². The molecule has 0 aliphatic heterocycles. The molecular weight excluding hydrogens is 326 g/mol. The normalized spacial score (nSPS) is 12.5. The van der Waals surface area contributed by atoms with Crippen molar-refractivity contribution in [2.45, 2.75) is 40.0 Å². The molecule has 1 N–H and O–H groups in total. The van der Waals surface area contributed by atoms with Crippen molar-refractivity contribution in [1.29, 1.82) is 0 Å². The minimum Gasteiger partial charge on any atom is -0.272 e. The van der Waals surface area contributed by atoms with Gasteiger partial charge < -0.3 is 0 Å². The molecule has 0 aliphatic carbocycles. The van der Waals surface area contributed by atoms with Gasteiger partial charge in [0.2, 0.25) is 0 Å². The Labute approximate surface area is 154 Å². The maximum absolute atomic E-state index is 5.47. The molecule has 1 unspecified atom stereocenters. The first-order valence-corrected chi connectivity index (χ1v) is 9.19. The first-order valence-electron chi connectivity index (χ1n) is 8.79. The zero-order valence-corrected chi connectivity index (χ0v) is 16.1. The summed E-state index contributed by atoms with van der Waals surface area (Å²) in [6.07, 6.45) is 1.11. The lowest BCUT2D eigenvalue weighted by Gasteiger charge is -2.15. The van der Waals surface area contributed by atoms with Crippen LogP contribution in [-0.2, 0) is 6.42 Å². The van der Waals surface area contributed by atoms with Crippen LogP contribution < -0.4 is 0 Å². The van der Waals surface area contributed by atoms with E-state index in [0.717, 1.165) is 17.9 Å². The van der Waals surface area contributed by atoms with E-state index in [9.17, 15) is 0 Å². The highest BCUT2D eigenvalue weighted by Crippen LogP contribution is 2.26. The van der Waals surface area contributed by atoms with E-state index < -0.39 is 0 Å². The number of nitrogens with one attached hydrogen (secondary N) is 1. The quantitative estimate of drug-likeness (QED) is 0.608. The van der Waals surface area contributed by atoms with E-state index in [0.29, 0.717) is 10.7 Å². The number of aromatic nitrogens is 3. The Bertz CT molecular complexity index is 886. The van der Waals surface area contributed by atoms with Crippen molar-refractivity contribution < 1.29 is 0 Å². The van der Waals surface area contributed by atoms with E-state index in [2.05, 4.69) is 86.4 Å². The molecule has 0 amide bonds. The lowest BCUT2D eigenvalue weighted by atomic mass is 9.96. The number of H-pyrrole nitrogens is 1. The molecule has 130 valence electrons. The van der Waals surface area contributed by atoms with Gasteiger partial charge in [-0.2, -0.15) is 5.10 Å². The van der Waals surface area contributed by atoms with Gasteiger partial charge in [0.1, 0.15) is 5.82 Å². The van der Waals surface area contributed by atoms with Crippen LogP contribution >= 0.6 is 12.2 Å². The van der Waals surface area contributed by atoms with Crippen molar-refractivity contribution in [1.82, 2.24) is 14.8 Å². The van der Waals surface area contributed by atoms with Crippen molar-refractivity contribution in [3.05, 3.63) is 75.8 Å². The Kier molecular flexibility index (Phi) is 5.19. The van der Waals surface area contributed by atoms with Crippen LogP contribution in [0.4, 0.5) is 0 Å². The van der Waals surface area contributed by atoms with Crippen molar-refractivity contribution >= 4 is 12.2 Å². The van der Waals surface area contributed by atoms with Crippen LogP contribution in [0.2, 0.25) is 0 Å². The van der Waals surface area contributed by atoms with Crippen molar-refractivity contribution in [2.75, 3.05) is 0 Å². The highest BCUT2D eigenvalue weighted by molar-refractivity contribution is 7.71. The second-order valence-electron chi connectivity index (χ2n) is 7.12. The molecule has 0 spiro atoms. The molecule has 1 aromatic heterocycles. The standard InChI is InChI=1S/C21H25N3S/c1-14(2)13-17-7-9-18(10-8-17)16(4)20-22-23-21(25)24(20)19-11-5-15(3)6-12-19/h5-12,14,16H,13H2,1-4H3,(H,23,25). The van der Waals surface area contributed by atoms with Crippen LogP contribution in [0.5, 0.6) is 0 Å². The van der Waals surface area contributed by atoms with E-state index in [1.54, 1.807) is 0 Å². The maximum Gasteiger partial charge on any atom is 0.199 e.